The number of nitrogens with zero attached hydrogens (tertiary/aromatic N) is 2. The summed E-state index contributed by atoms with van der Waals surface area (Å²) in [5.41, 5.74) is 0.189. The minimum absolute atomic E-state index is 0.0486. The van der Waals surface area contributed by atoms with Crippen molar-refractivity contribution in [3.05, 3.63) is 72.2 Å². The van der Waals surface area contributed by atoms with E-state index in [2.05, 4.69) is 20.6 Å². The molecule has 0 unspecified atom stereocenters. The van der Waals surface area contributed by atoms with Gasteiger partial charge in [-0.15, -0.1) is 0 Å². The molecule has 12 heteroatoms. The highest BCUT2D eigenvalue weighted by Crippen LogP contribution is 2.32. The van der Waals surface area contributed by atoms with Gasteiger partial charge in [-0.25, -0.2) is 19.2 Å². The number of carbonyl (C=O) groups excluding carboxylic acids is 1. The van der Waals surface area contributed by atoms with E-state index in [1.54, 1.807) is 24.4 Å². The molecule has 0 saturated carbocycles. The molecule has 3 aromatic rings. The lowest BCUT2D eigenvalue weighted by molar-refractivity contribution is -0.137. The maximum absolute atomic E-state index is 13.6. The van der Waals surface area contributed by atoms with E-state index < -0.39 is 36.1 Å². The molecule has 188 valence electrons. The summed E-state index contributed by atoms with van der Waals surface area (Å²) in [5, 5.41) is 5.45. The number of ether oxygens (including phenoxy) is 3. The molecule has 2 aliphatic rings. The van der Waals surface area contributed by atoms with Crippen LogP contribution in [0.3, 0.4) is 0 Å². The van der Waals surface area contributed by atoms with Crippen molar-refractivity contribution in [3.8, 4) is 11.3 Å². The first-order valence-corrected chi connectivity index (χ1v) is 11.0. The fraction of sp³-hybridized carbons (Fsp3) is 0.292. The smallest absolute Gasteiger partial charge is 0.416 e. The number of hydrogen-bond acceptors (Lipinski definition) is 7. The van der Waals surface area contributed by atoms with E-state index in [-0.39, 0.29) is 30.8 Å². The Morgan fingerprint density at radius 3 is 2.64 bits per heavy atom. The first-order valence-electron chi connectivity index (χ1n) is 11.0. The van der Waals surface area contributed by atoms with Crippen LogP contribution in [0.25, 0.3) is 11.3 Å². The molecule has 1 aromatic heterocycles. The van der Waals surface area contributed by atoms with Gasteiger partial charge >= 0.3 is 12.3 Å². The normalized spacial score (nSPS) is 23.2. The van der Waals surface area contributed by atoms with Gasteiger partial charge in [0.25, 0.3) is 0 Å². The van der Waals surface area contributed by atoms with E-state index in [9.17, 15) is 22.4 Å². The molecule has 0 spiro atoms. The predicted octanol–water partition coefficient (Wildman–Crippen LogP) is 4.50. The molecule has 1 amide bonds. The van der Waals surface area contributed by atoms with Gasteiger partial charge in [0.05, 0.1) is 30.5 Å². The molecule has 2 fully saturated rings. The Labute approximate surface area is 202 Å². The molecule has 2 aliphatic heterocycles. The van der Waals surface area contributed by atoms with Gasteiger partial charge in [-0.3, -0.25) is 5.32 Å². The van der Waals surface area contributed by atoms with E-state index in [0.29, 0.717) is 17.2 Å². The average molecular weight is 504 g/mol. The van der Waals surface area contributed by atoms with Gasteiger partial charge in [0.1, 0.15) is 18.0 Å². The molecule has 2 saturated heterocycles. The number of aromatic nitrogens is 2. The van der Waals surface area contributed by atoms with Crippen molar-refractivity contribution in [3.63, 3.8) is 0 Å². The number of anilines is 2. The van der Waals surface area contributed by atoms with Gasteiger partial charge in [-0.2, -0.15) is 13.2 Å². The maximum Gasteiger partial charge on any atom is 0.416 e. The fourth-order valence-corrected chi connectivity index (χ4v) is 4.15. The first kappa shape index (κ1) is 23.9. The van der Waals surface area contributed by atoms with Crippen molar-refractivity contribution in [2.45, 2.75) is 30.5 Å². The minimum Gasteiger partial charge on any atom is -0.441 e. The number of halogens is 4. The zero-order valence-electron chi connectivity index (χ0n) is 18.5. The van der Waals surface area contributed by atoms with Crippen molar-refractivity contribution in [2.75, 3.05) is 23.8 Å². The van der Waals surface area contributed by atoms with Crippen molar-refractivity contribution >= 4 is 17.7 Å². The molecule has 8 nitrogen and oxygen atoms in total. The third-order valence-corrected chi connectivity index (χ3v) is 5.79. The largest absolute Gasteiger partial charge is 0.441 e. The Balaban J connectivity index is 1.19. The number of nitrogens with one attached hydrogen (secondary N) is 2. The Morgan fingerprint density at radius 1 is 1.03 bits per heavy atom. The summed E-state index contributed by atoms with van der Waals surface area (Å²) >= 11 is 0. The highest BCUT2D eigenvalue weighted by Gasteiger charge is 2.49. The standard InChI is InChI=1S/C24H20F4N4O4/c25-15-5-1-3-13(9-15)17-7-8-29-22(31-17)32-18-11-34-21-19(12-35-20(18)21)36-23(33)30-16-6-2-4-14(10-16)24(26,27)28/h1-10,18-21H,11-12H2,(H,30,33)(H,29,31,32)/t18-,19-,20-,21+/m1/s1. The van der Waals surface area contributed by atoms with Gasteiger partial charge in [-0.1, -0.05) is 18.2 Å². The summed E-state index contributed by atoms with van der Waals surface area (Å²) in [6.45, 7) is 0.270. The number of amides is 1. The second-order valence-corrected chi connectivity index (χ2v) is 8.27. The number of rotatable bonds is 5. The molecule has 3 heterocycles. The lowest BCUT2D eigenvalue weighted by atomic mass is 10.1. The Kier molecular flexibility index (Phi) is 6.46. The van der Waals surface area contributed by atoms with Crippen LogP contribution in [-0.2, 0) is 20.4 Å². The summed E-state index contributed by atoms with van der Waals surface area (Å²) < 4.78 is 69.1. The van der Waals surface area contributed by atoms with Crippen LogP contribution in [0.1, 0.15) is 5.56 Å². The third kappa shape index (κ3) is 5.24. The van der Waals surface area contributed by atoms with E-state index in [1.165, 1.54) is 24.3 Å². The number of fused-ring (bicyclic) bond motifs is 1. The molecule has 0 radical (unpaired) electrons. The van der Waals surface area contributed by atoms with Gasteiger partial charge < -0.3 is 19.5 Å². The lowest BCUT2D eigenvalue weighted by Crippen LogP contribution is -2.38. The molecule has 4 atom stereocenters. The summed E-state index contributed by atoms with van der Waals surface area (Å²) in [5.74, 6) is -0.0867. The van der Waals surface area contributed by atoms with E-state index in [1.807, 2.05) is 0 Å². The fourth-order valence-electron chi connectivity index (χ4n) is 4.15. The van der Waals surface area contributed by atoms with E-state index in [4.69, 9.17) is 14.2 Å². The summed E-state index contributed by atoms with van der Waals surface area (Å²) in [7, 11) is 0. The summed E-state index contributed by atoms with van der Waals surface area (Å²) in [6, 6.07) is 11.6. The van der Waals surface area contributed by atoms with E-state index >= 15 is 0 Å². The quantitative estimate of drug-likeness (QED) is 0.495. The van der Waals surface area contributed by atoms with Crippen LogP contribution < -0.4 is 10.6 Å². The number of hydrogen-bond donors (Lipinski definition) is 2. The van der Waals surface area contributed by atoms with Gasteiger partial charge in [0.2, 0.25) is 5.95 Å². The van der Waals surface area contributed by atoms with Crippen molar-refractivity contribution in [1.82, 2.24) is 9.97 Å². The van der Waals surface area contributed by atoms with Crippen molar-refractivity contribution in [2.24, 2.45) is 0 Å². The highest BCUT2D eigenvalue weighted by molar-refractivity contribution is 5.84. The van der Waals surface area contributed by atoms with Crippen LogP contribution in [-0.4, -0.2) is 53.6 Å². The number of carbonyl (C=O) groups is 1. The first-order chi connectivity index (χ1) is 17.3. The molecular weight excluding hydrogens is 484 g/mol. The average Bonchev–Trinajstić information content (AvgIpc) is 3.42. The maximum atomic E-state index is 13.6. The summed E-state index contributed by atoms with van der Waals surface area (Å²) in [6.07, 6.45) is -5.72. The zero-order chi connectivity index (χ0) is 25.3. The van der Waals surface area contributed by atoms with Crippen LogP contribution in [0.5, 0.6) is 0 Å². The van der Waals surface area contributed by atoms with Gasteiger partial charge in [0, 0.05) is 17.4 Å². The topological polar surface area (TPSA) is 94.6 Å². The highest BCUT2D eigenvalue weighted by atomic mass is 19.4. The molecule has 36 heavy (non-hydrogen) atoms. The SMILES string of the molecule is O=C(Nc1cccc(C(F)(F)F)c1)O[C@@H]1CO[C@H]2[C@H]1OC[C@H]2Nc1nccc(-c2cccc(F)c2)n1. The molecule has 2 aromatic carbocycles. The predicted molar refractivity (Wildman–Crippen MR) is 120 cm³/mol. The van der Waals surface area contributed by atoms with Crippen molar-refractivity contribution < 1.29 is 36.6 Å². The Bertz CT molecular complexity index is 1260. The number of benzene rings is 2. The second-order valence-electron chi connectivity index (χ2n) is 8.27. The molecule has 0 aliphatic carbocycles. The van der Waals surface area contributed by atoms with Gasteiger partial charge in [0.15, 0.2) is 6.10 Å². The summed E-state index contributed by atoms with van der Waals surface area (Å²) in [4.78, 5) is 20.9. The van der Waals surface area contributed by atoms with Crippen LogP contribution in [0, 0.1) is 5.82 Å². The van der Waals surface area contributed by atoms with Gasteiger partial charge in [-0.05, 0) is 36.4 Å². The third-order valence-electron chi connectivity index (χ3n) is 5.79. The van der Waals surface area contributed by atoms with E-state index in [0.717, 1.165) is 12.1 Å². The van der Waals surface area contributed by atoms with Crippen LogP contribution >= 0.6 is 0 Å². The molecule has 0 bridgehead atoms. The molecule has 2 N–H and O–H groups in total. The van der Waals surface area contributed by atoms with Crippen LogP contribution in [0.2, 0.25) is 0 Å². The Morgan fingerprint density at radius 2 is 1.83 bits per heavy atom. The number of alkyl halides is 3. The monoisotopic (exact) mass is 504 g/mol. The van der Waals surface area contributed by atoms with Crippen molar-refractivity contribution in [1.29, 1.82) is 0 Å². The molecular formula is C24H20F4N4O4. The van der Waals surface area contributed by atoms with Crippen LogP contribution in [0.15, 0.2) is 60.8 Å². The second kappa shape index (κ2) is 9.70. The lowest BCUT2D eigenvalue weighted by Gasteiger charge is -2.18. The van der Waals surface area contributed by atoms with Crippen LogP contribution in [0.4, 0.5) is 34.0 Å². The Hall–Kier alpha value is -3.77. The molecule has 5 rings (SSSR count). The minimum atomic E-state index is -4.53. The zero-order valence-corrected chi connectivity index (χ0v) is 18.5.